The molecule has 3 rings (SSSR count). The molecule has 0 saturated carbocycles. The molecule has 0 bridgehead atoms. The largest absolute Gasteiger partial charge is 0.495 e. The van der Waals surface area contributed by atoms with Crippen molar-refractivity contribution in [3.05, 3.63) is 45.5 Å². The van der Waals surface area contributed by atoms with Crippen molar-refractivity contribution in [1.29, 1.82) is 0 Å². The minimum atomic E-state index is -0.0646. The molecule has 1 fully saturated rings. The van der Waals surface area contributed by atoms with E-state index in [2.05, 4.69) is 36.0 Å². The number of halogens is 2. The molecule has 0 aliphatic carbocycles. The number of hydrogen-bond acceptors (Lipinski definition) is 5. The van der Waals surface area contributed by atoms with Crippen LogP contribution in [0.1, 0.15) is 5.56 Å². The van der Waals surface area contributed by atoms with Gasteiger partial charge in [-0.15, -0.1) is 0 Å². The summed E-state index contributed by atoms with van der Waals surface area (Å²) in [5.74, 6) is 1.46. The van der Waals surface area contributed by atoms with Crippen molar-refractivity contribution in [3.8, 4) is 5.75 Å². The number of anilines is 2. The molecule has 1 saturated heterocycles. The number of benzene rings is 1. The average Bonchev–Trinajstić information content (AvgIpc) is 2.66. The van der Waals surface area contributed by atoms with Gasteiger partial charge in [0.1, 0.15) is 11.6 Å². The van der Waals surface area contributed by atoms with E-state index in [0.717, 1.165) is 42.0 Å². The van der Waals surface area contributed by atoms with Crippen molar-refractivity contribution in [2.45, 2.75) is 6.92 Å². The van der Waals surface area contributed by atoms with Gasteiger partial charge >= 0.3 is 0 Å². The summed E-state index contributed by atoms with van der Waals surface area (Å²) in [4.78, 5) is 21.3. The van der Waals surface area contributed by atoms with Gasteiger partial charge in [0.2, 0.25) is 5.91 Å². The molecule has 144 valence electrons. The van der Waals surface area contributed by atoms with Gasteiger partial charge in [0.15, 0.2) is 0 Å². The van der Waals surface area contributed by atoms with E-state index in [0.29, 0.717) is 23.0 Å². The predicted molar refractivity (Wildman–Crippen MR) is 112 cm³/mol. The third-order valence-electron chi connectivity index (χ3n) is 4.53. The highest BCUT2D eigenvalue weighted by Crippen LogP contribution is 2.30. The van der Waals surface area contributed by atoms with Crippen molar-refractivity contribution in [3.63, 3.8) is 0 Å². The Bertz CT molecular complexity index is 808. The number of aryl methyl sites for hydroxylation is 1. The van der Waals surface area contributed by atoms with E-state index in [-0.39, 0.29) is 5.91 Å². The average molecular weight is 454 g/mol. The lowest BCUT2D eigenvalue weighted by molar-refractivity contribution is -0.117. The zero-order valence-electron chi connectivity index (χ0n) is 15.3. The molecular formula is C19H22BrClN4O2. The molecule has 6 nitrogen and oxygen atoms in total. The fourth-order valence-electron chi connectivity index (χ4n) is 3.01. The highest BCUT2D eigenvalue weighted by atomic mass is 79.9. The number of rotatable bonds is 5. The van der Waals surface area contributed by atoms with Crippen molar-refractivity contribution in [2.24, 2.45) is 0 Å². The quantitative estimate of drug-likeness (QED) is 0.750. The first-order valence-corrected chi connectivity index (χ1v) is 9.86. The predicted octanol–water partition coefficient (Wildman–Crippen LogP) is 3.58. The maximum Gasteiger partial charge on any atom is 0.238 e. The Morgan fingerprint density at radius 2 is 2.04 bits per heavy atom. The van der Waals surface area contributed by atoms with E-state index < -0.39 is 0 Å². The molecule has 1 aliphatic rings. The highest BCUT2D eigenvalue weighted by molar-refractivity contribution is 9.10. The Morgan fingerprint density at radius 1 is 1.30 bits per heavy atom. The third kappa shape index (κ3) is 5.12. The molecule has 0 radical (unpaired) electrons. The van der Waals surface area contributed by atoms with Crippen LogP contribution < -0.4 is 15.0 Å². The number of carbonyl (C=O) groups excluding carboxylic acids is 1. The number of pyridine rings is 1. The first-order chi connectivity index (χ1) is 13.0. The molecule has 1 amide bonds. The van der Waals surface area contributed by atoms with Gasteiger partial charge in [-0.1, -0.05) is 11.6 Å². The Labute approximate surface area is 172 Å². The number of methoxy groups -OCH3 is 1. The summed E-state index contributed by atoms with van der Waals surface area (Å²) in [6.07, 6.45) is 1.80. The highest BCUT2D eigenvalue weighted by Gasteiger charge is 2.20. The van der Waals surface area contributed by atoms with Crippen LogP contribution in [0.4, 0.5) is 11.5 Å². The van der Waals surface area contributed by atoms with E-state index in [1.807, 2.05) is 25.1 Å². The number of carbonyl (C=O) groups is 1. The monoisotopic (exact) mass is 452 g/mol. The maximum atomic E-state index is 12.5. The standard InChI is InChI=1S/C19H22BrClN4O2/c1-13-9-16(17(27-2)10-15(13)21)23-19(26)12-24-5-7-25(8-6-24)18-4-3-14(20)11-22-18/h3-4,9-11H,5-8,12H2,1-2H3,(H,23,26). The van der Waals surface area contributed by atoms with E-state index in [9.17, 15) is 4.79 Å². The van der Waals surface area contributed by atoms with Gasteiger partial charge in [-0.05, 0) is 46.6 Å². The number of ether oxygens (including phenoxy) is 1. The summed E-state index contributed by atoms with van der Waals surface area (Å²) >= 11 is 9.52. The normalized spacial score (nSPS) is 14.9. The van der Waals surface area contributed by atoms with Crippen LogP contribution in [0.15, 0.2) is 34.9 Å². The van der Waals surface area contributed by atoms with Crippen LogP contribution in [0, 0.1) is 6.92 Å². The van der Waals surface area contributed by atoms with Crippen molar-refractivity contribution in [2.75, 3.05) is 50.1 Å². The molecular weight excluding hydrogens is 432 g/mol. The van der Waals surface area contributed by atoms with Gasteiger partial charge in [0, 0.05) is 47.9 Å². The Kier molecular flexibility index (Phi) is 6.57. The van der Waals surface area contributed by atoms with Crippen molar-refractivity contribution < 1.29 is 9.53 Å². The second kappa shape index (κ2) is 8.91. The van der Waals surface area contributed by atoms with Crippen molar-refractivity contribution in [1.82, 2.24) is 9.88 Å². The SMILES string of the molecule is COc1cc(Cl)c(C)cc1NC(=O)CN1CCN(c2ccc(Br)cn2)CC1. The second-order valence-electron chi connectivity index (χ2n) is 6.45. The van der Waals surface area contributed by atoms with Crippen LogP contribution in [0.2, 0.25) is 5.02 Å². The molecule has 1 N–H and O–H groups in total. The first kappa shape index (κ1) is 19.9. The van der Waals surface area contributed by atoms with E-state index >= 15 is 0 Å². The van der Waals surface area contributed by atoms with Crippen LogP contribution >= 0.6 is 27.5 Å². The lowest BCUT2D eigenvalue weighted by Crippen LogP contribution is -2.48. The van der Waals surface area contributed by atoms with Gasteiger partial charge < -0.3 is 15.0 Å². The van der Waals surface area contributed by atoms with Crippen LogP contribution in [0.5, 0.6) is 5.75 Å². The summed E-state index contributed by atoms with van der Waals surface area (Å²) in [5.41, 5.74) is 1.53. The minimum absolute atomic E-state index is 0.0646. The van der Waals surface area contributed by atoms with Gasteiger partial charge in [-0.3, -0.25) is 9.69 Å². The molecule has 0 spiro atoms. The van der Waals surface area contributed by atoms with Gasteiger partial charge in [-0.2, -0.15) is 0 Å². The number of piperazine rings is 1. The van der Waals surface area contributed by atoms with Crippen LogP contribution in [-0.4, -0.2) is 55.6 Å². The molecule has 0 unspecified atom stereocenters. The molecule has 8 heteroatoms. The van der Waals surface area contributed by atoms with Gasteiger partial charge in [-0.25, -0.2) is 4.98 Å². The maximum absolute atomic E-state index is 12.5. The first-order valence-electron chi connectivity index (χ1n) is 8.69. The van der Waals surface area contributed by atoms with E-state index in [1.165, 1.54) is 0 Å². The van der Waals surface area contributed by atoms with Gasteiger partial charge in [0.25, 0.3) is 0 Å². The number of nitrogens with zero attached hydrogens (tertiary/aromatic N) is 3. The third-order valence-corrected chi connectivity index (χ3v) is 5.41. The molecule has 1 aromatic heterocycles. The molecule has 1 aromatic carbocycles. The molecule has 2 aromatic rings. The summed E-state index contributed by atoms with van der Waals surface area (Å²) in [7, 11) is 1.56. The fourth-order valence-corrected chi connectivity index (χ4v) is 3.40. The fraction of sp³-hybridized carbons (Fsp3) is 0.368. The second-order valence-corrected chi connectivity index (χ2v) is 7.77. The van der Waals surface area contributed by atoms with Gasteiger partial charge in [0.05, 0.1) is 19.3 Å². The Balaban J connectivity index is 1.54. The Morgan fingerprint density at radius 3 is 2.67 bits per heavy atom. The lowest BCUT2D eigenvalue weighted by Gasteiger charge is -2.35. The van der Waals surface area contributed by atoms with Crippen LogP contribution in [0.3, 0.4) is 0 Å². The van der Waals surface area contributed by atoms with E-state index in [1.54, 1.807) is 19.4 Å². The molecule has 2 heterocycles. The summed E-state index contributed by atoms with van der Waals surface area (Å²) < 4.78 is 6.28. The van der Waals surface area contributed by atoms with E-state index in [4.69, 9.17) is 16.3 Å². The van der Waals surface area contributed by atoms with Crippen LogP contribution in [-0.2, 0) is 4.79 Å². The Hall–Kier alpha value is -1.83. The molecule has 27 heavy (non-hydrogen) atoms. The smallest absolute Gasteiger partial charge is 0.238 e. The number of aromatic nitrogens is 1. The zero-order chi connectivity index (χ0) is 19.4. The topological polar surface area (TPSA) is 57.7 Å². The molecule has 0 atom stereocenters. The zero-order valence-corrected chi connectivity index (χ0v) is 17.7. The summed E-state index contributed by atoms with van der Waals surface area (Å²) in [5, 5.41) is 3.54. The minimum Gasteiger partial charge on any atom is -0.495 e. The van der Waals surface area contributed by atoms with Crippen LogP contribution in [0.25, 0.3) is 0 Å². The van der Waals surface area contributed by atoms with Crippen molar-refractivity contribution >= 4 is 44.9 Å². The number of hydrogen-bond donors (Lipinski definition) is 1. The number of amides is 1. The summed E-state index contributed by atoms with van der Waals surface area (Å²) in [6.45, 7) is 5.53. The lowest BCUT2D eigenvalue weighted by atomic mass is 10.2. The molecule has 1 aliphatic heterocycles. The summed E-state index contributed by atoms with van der Waals surface area (Å²) in [6, 6.07) is 7.54. The number of nitrogens with one attached hydrogen (secondary N) is 1.